The first-order chi connectivity index (χ1) is 6.16. The van der Waals surface area contributed by atoms with E-state index in [0.717, 1.165) is 0 Å². The van der Waals surface area contributed by atoms with E-state index in [2.05, 4.69) is 0 Å². The highest BCUT2D eigenvalue weighted by Gasteiger charge is 2.16. The first-order valence-corrected chi connectivity index (χ1v) is 3.85. The number of nitrogens with zero attached hydrogens (tertiary/aromatic N) is 1. The van der Waals surface area contributed by atoms with Gasteiger partial charge in [-0.15, -0.1) is 0 Å². The van der Waals surface area contributed by atoms with Crippen LogP contribution in [0, 0.1) is 10.1 Å². The molecule has 0 aromatic heterocycles. The van der Waals surface area contributed by atoms with Crippen molar-refractivity contribution in [2.45, 2.75) is 6.04 Å². The minimum Gasteiger partial charge on any atom is -0.329 e. The van der Waals surface area contributed by atoms with Gasteiger partial charge in [0.25, 0.3) is 5.69 Å². The van der Waals surface area contributed by atoms with Gasteiger partial charge in [0.05, 0.1) is 4.92 Å². The Hall–Kier alpha value is -1.46. The lowest BCUT2D eigenvalue weighted by Crippen LogP contribution is -2.21. The molecule has 0 bridgehead atoms. The fraction of sp³-hybridized carbons (Fsp3) is 0.250. The molecule has 1 rings (SSSR count). The van der Waals surface area contributed by atoms with Crippen LogP contribution in [0.15, 0.2) is 24.3 Å². The number of hydrogen-bond donors (Lipinski definition) is 2. The van der Waals surface area contributed by atoms with Crippen LogP contribution in [-0.4, -0.2) is 11.5 Å². The van der Waals surface area contributed by atoms with Gasteiger partial charge in [-0.3, -0.25) is 10.1 Å². The first kappa shape index (κ1) is 9.63. The van der Waals surface area contributed by atoms with E-state index in [0.29, 0.717) is 5.56 Å². The maximum absolute atomic E-state index is 10.6. The maximum Gasteiger partial charge on any atom is 0.274 e. The molecule has 5 nitrogen and oxygen atoms in total. The minimum atomic E-state index is -0.471. The monoisotopic (exact) mass is 181 g/mol. The molecule has 0 aliphatic heterocycles. The lowest BCUT2D eigenvalue weighted by molar-refractivity contribution is -0.385. The van der Waals surface area contributed by atoms with Crippen molar-refractivity contribution in [3.63, 3.8) is 0 Å². The SMILES string of the molecule is NC[C@@H](N)c1ccccc1[N+](=O)[O-]. The van der Waals surface area contributed by atoms with Crippen molar-refractivity contribution in [2.24, 2.45) is 11.5 Å². The zero-order chi connectivity index (χ0) is 9.84. The van der Waals surface area contributed by atoms with Crippen molar-refractivity contribution < 1.29 is 4.92 Å². The van der Waals surface area contributed by atoms with Gasteiger partial charge in [0.1, 0.15) is 0 Å². The van der Waals surface area contributed by atoms with E-state index in [4.69, 9.17) is 11.5 Å². The molecule has 0 heterocycles. The molecule has 1 atom stereocenters. The van der Waals surface area contributed by atoms with Crippen LogP contribution >= 0.6 is 0 Å². The third-order valence-corrected chi connectivity index (χ3v) is 1.79. The predicted octanol–water partition coefficient (Wildman–Crippen LogP) is 0.553. The molecule has 0 saturated carbocycles. The summed E-state index contributed by atoms with van der Waals surface area (Å²) in [6.07, 6.45) is 0. The molecule has 0 fully saturated rings. The van der Waals surface area contributed by atoms with E-state index >= 15 is 0 Å². The molecule has 0 aliphatic rings. The molecule has 0 aliphatic carbocycles. The van der Waals surface area contributed by atoms with Crippen LogP contribution in [-0.2, 0) is 0 Å². The third-order valence-electron chi connectivity index (χ3n) is 1.79. The van der Waals surface area contributed by atoms with Crippen molar-refractivity contribution in [2.75, 3.05) is 6.54 Å². The minimum absolute atomic E-state index is 0.0282. The standard InChI is InChI=1S/C8H11N3O2/c9-5-7(10)6-3-1-2-4-8(6)11(12)13/h1-4,7H,5,9-10H2/t7-/m1/s1. The molecule has 0 spiro atoms. The second-order valence-corrected chi connectivity index (χ2v) is 2.66. The van der Waals surface area contributed by atoms with Gasteiger partial charge in [-0.2, -0.15) is 0 Å². The highest BCUT2D eigenvalue weighted by molar-refractivity contribution is 5.41. The van der Waals surface area contributed by atoms with Crippen molar-refractivity contribution in [3.05, 3.63) is 39.9 Å². The summed E-state index contributed by atoms with van der Waals surface area (Å²) in [4.78, 5) is 10.1. The van der Waals surface area contributed by atoms with Crippen molar-refractivity contribution in [1.29, 1.82) is 0 Å². The van der Waals surface area contributed by atoms with Gasteiger partial charge < -0.3 is 11.5 Å². The van der Waals surface area contributed by atoms with E-state index in [9.17, 15) is 10.1 Å². The van der Waals surface area contributed by atoms with Gasteiger partial charge in [0.2, 0.25) is 0 Å². The highest BCUT2D eigenvalue weighted by Crippen LogP contribution is 2.22. The van der Waals surface area contributed by atoms with E-state index in [1.54, 1.807) is 18.2 Å². The smallest absolute Gasteiger partial charge is 0.274 e. The number of nitrogens with two attached hydrogens (primary N) is 2. The van der Waals surface area contributed by atoms with E-state index in [1.807, 2.05) is 0 Å². The van der Waals surface area contributed by atoms with Gasteiger partial charge in [-0.1, -0.05) is 18.2 Å². The Morgan fingerprint density at radius 1 is 1.46 bits per heavy atom. The Bertz CT molecular complexity index is 314. The fourth-order valence-corrected chi connectivity index (χ4v) is 1.09. The molecular formula is C8H11N3O2. The molecule has 0 unspecified atom stereocenters. The first-order valence-electron chi connectivity index (χ1n) is 3.85. The Kier molecular flexibility index (Phi) is 2.94. The zero-order valence-electron chi connectivity index (χ0n) is 7.01. The molecule has 1 aromatic carbocycles. The van der Waals surface area contributed by atoms with Crippen molar-refractivity contribution >= 4 is 5.69 Å². The second-order valence-electron chi connectivity index (χ2n) is 2.66. The summed E-state index contributed by atoms with van der Waals surface area (Å²) in [5.74, 6) is 0. The van der Waals surface area contributed by atoms with Crippen LogP contribution in [0.4, 0.5) is 5.69 Å². The van der Waals surface area contributed by atoms with Gasteiger partial charge in [-0.25, -0.2) is 0 Å². The molecule has 4 N–H and O–H groups in total. The number of benzene rings is 1. The van der Waals surface area contributed by atoms with E-state index < -0.39 is 11.0 Å². The largest absolute Gasteiger partial charge is 0.329 e. The molecule has 13 heavy (non-hydrogen) atoms. The predicted molar refractivity (Wildman–Crippen MR) is 49.1 cm³/mol. The summed E-state index contributed by atoms with van der Waals surface area (Å²) in [7, 11) is 0. The van der Waals surface area contributed by atoms with Gasteiger partial charge >= 0.3 is 0 Å². The zero-order valence-corrected chi connectivity index (χ0v) is 7.01. The summed E-state index contributed by atoms with van der Waals surface area (Å²) in [6, 6.07) is 5.88. The van der Waals surface area contributed by atoms with Gasteiger partial charge in [0, 0.05) is 24.2 Å². The highest BCUT2D eigenvalue weighted by atomic mass is 16.6. The van der Waals surface area contributed by atoms with Crippen LogP contribution in [0.25, 0.3) is 0 Å². The molecule has 0 radical (unpaired) electrons. The molecular weight excluding hydrogens is 170 g/mol. The number of rotatable bonds is 3. The lowest BCUT2D eigenvalue weighted by atomic mass is 10.1. The summed E-state index contributed by atoms with van der Waals surface area (Å²) in [6.45, 7) is 0.199. The van der Waals surface area contributed by atoms with E-state index in [-0.39, 0.29) is 12.2 Å². The van der Waals surface area contributed by atoms with Crippen LogP contribution in [0.2, 0.25) is 0 Å². The Morgan fingerprint density at radius 2 is 2.08 bits per heavy atom. The molecule has 0 saturated heterocycles. The second kappa shape index (κ2) is 3.97. The maximum atomic E-state index is 10.6. The topological polar surface area (TPSA) is 95.2 Å². The van der Waals surface area contributed by atoms with Gasteiger partial charge in [-0.05, 0) is 0 Å². The Balaban J connectivity index is 3.11. The number of nitro benzene ring substituents is 1. The molecule has 5 heteroatoms. The van der Waals surface area contributed by atoms with Crippen LogP contribution < -0.4 is 11.5 Å². The fourth-order valence-electron chi connectivity index (χ4n) is 1.09. The summed E-state index contributed by atoms with van der Waals surface area (Å²) in [5, 5.41) is 10.6. The van der Waals surface area contributed by atoms with Crippen LogP contribution in [0.5, 0.6) is 0 Å². The normalized spacial score (nSPS) is 12.5. The quantitative estimate of drug-likeness (QED) is 0.525. The van der Waals surface area contributed by atoms with Crippen molar-refractivity contribution in [1.82, 2.24) is 0 Å². The van der Waals surface area contributed by atoms with Crippen LogP contribution in [0.1, 0.15) is 11.6 Å². The number of para-hydroxylation sites is 1. The molecule has 0 amide bonds. The average molecular weight is 181 g/mol. The lowest BCUT2D eigenvalue weighted by Gasteiger charge is -2.08. The summed E-state index contributed by atoms with van der Waals surface area (Å²) >= 11 is 0. The van der Waals surface area contributed by atoms with Crippen LogP contribution in [0.3, 0.4) is 0 Å². The average Bonchev–Trinajstić information content (AvgIpc) is 2.16. The van der Waals surface area contributed by atoms with Crippen molar-refractivity contribution in [3.8, 4) is 0 Å². The number of hydrogen-bond acceptors (Lipinski definition) is 4. The summed E-state index contributed by atoms with van der Waals surface area (Å²) in [5.41, 5.74) is 11.4. The third kappa shape index (κ3) is 2.01. The molecule has 1 aromatic rings. The Morgan fingerprint density at radius 3 is 2.62 bits per heavy atom. The summed E-state index contributed by atoms with van der Waals surface area (Å²) < 4.78 is 0. The Labute approximate surface area is 75.5 Å². The van der Waals surface area contributed by atoms with E-state index in [1.165, 1.54) is 6.07 Å². The molecule has 70 valence electrons. The number of nitro groups is 1. The van der Waals surface area contributed by atoms with Gasteiger partial charge in [0.15, 0.2) is 0 Å².